The average Bonchev–Trinajstić information content (AvgIpc) is 3.29. The van der Waals surface area contributed by atoms with Crippen LogP contribution in [0.1, 0.15) is 13.3 Å². The topological polar surface area (TPSA) is 20.2 Å². The SMILES string of the molecule is CCC(O)P(Br)(c1cccs1)(c1cccs1)c1cccs1. The van der Waals surface area contributed by atoms with Gasteiger partial charge < -0.3 is 0 Å². The first kappa shape index (κ1) is 15.9. The van der Waals surface area contributed by atoms with Gasteiger partial charge in [-0.1, -0.05) is 0 Å². The first-order valence-electron chi connectivity index (χ1n) is 6.66. The van der Waals surface area contributed by atoms with Gasteiger partial charge in [0.2, 0.25) is 0 Å². The fourth-order valence-electron chi connectivity index (χ4n) is 2.67. The molecule has 0 saturated heterocycles. The van der Waals surface area contributed by atoms with Crippen LogP contribution in [0.4, 0.5) is 0 Å². The minimum atomic E-state index is -2.95. The summed E-state index contributed by atoms with van der Waals surface area (Å²) in [4.78, 5) is 0. The van der Waals surface area contributed by atoms with Crippen LogP contribution in [0.25, 0.3) is 0 Å². The average molecular weight is 419 g/mol. The minimum absolute atomic E-state index is 0.424. The summed E-state index contributed by atoms with van der Waals surface area (Å²) in [5.74, 6) is -0.424. The molecule has 3 rings (SSSR count). The van der Waals surface area contributed by atoms with Crippen molar-refractivity contribution in [2.45, 2.75) is 19.2 Å². The molecule has 0 aromatic carbocycles. The summed E-state index contributed by atoms with van der Waals surface area (Å²) in [5, 5.41) is 14.5. The number of aliphatic hydroxyl groups excluding tert-OH is 1. The molecule has 0 radical (unpaired) electrons. The molecule has 0 bridgehead atoms. The molecule has 1 nitrogen and oxygen atoms in total. The molecule has 0 aliphatic carbocycles. The second-order valence-electron chi connectivity index (χ2n) is 4.82. The zero-order valence-electron chi connectivity index (χ0n) is 11.5. The van der Waals surface area contributed by atoms with Crippen LogP contribution in [0.2, 0.25) is 0 Å². The summed E-state index contributed by atoms with van der Waals surface area (Å²) >= 11 is 9.39. The van der Waals surface area contributed by atoms with E-state index in [1.165, 1.54) is 13.9 Å². The van der Waals surface area contributed by atoms with Gasteiger partial charge in [0, 0.05) is 0 Å². The molecule has 112 valence electrons. The van der Waals surface area contributed by atoms with Gasteiger partial charge >= 0.3 is 145 Å². The fourth-order valence-corrected chi connectivity index (χ4v) is 18.0. The Morgan fingerprint density at radius 1 is 0.952 bits per heavy atom. The number of halogens is 1. The standard InChI is InChI=1S/C15H16BrOPS3/c1-2-12(17)18(16,13-6-3-9-19-13,14-7-4-10-20-14)15-8-5-11-21-15/h3-12,17H,2H2,1H3. The van der Waals surface area contributed by atoms with E-state index in [1.54, 1.807) is 34.0 Å². The van der Waals surface area contributed by atoms with E-state index in [2.05, 4.69) is 75.0 Å². The number of rotatable bonds is 5. The summed E-state index contributed by atoms with van der Waals surface area (Å²) in [7, 11) is 0. The first-order valence-corrected chi connectivity index (χ1v) is 13.6. The Labute approximate surface area is 145 Å². The van der Waals surface area contributed by atoms with Crippen molar-refractivity contribution in [3.63, 3.8) is 0 Å². The van der Waals surface area contributed by atoms with Crippen LogP contribution in [0, 0.1) is 0 Å². The van der Waals surface area contributed by atoms with Crippen LogP contribution < -0.4 is 13.9 Å². The van der Waals surface area contributed by atoms with Gasteiger partial charge in [-0.2, -0.15) is 0 Å². The molecule has 0 fully saturated rings. The molecule has 6 heteroatoms. The summed E-state index contributed by atoms with van der Waals surface area (Å²) in [5.41, 5.74) is 0. The molecule has 0 aliphatic heterocycles. The Hall–Kier alpha value is -0.0300. The monoisotopic (exact) mass is 418 g/mol. The van der Waals surface area contributed by atoms with E-state index in [9.17, 15) is 5.11 Å². The molecule has 0 amide bonds. The van der Waals surface area contributed by atoms with Crippen molar-refractivity contribution in [1.82, 2.24) is 0 Å². The van der Waals surface area contributed by atoms with Gasteiger partial charge in [0.1, 0.15) is 0 Å². The number of hydrogen-bond donors (Lipinski definition) is 1. The van der Waals surface area contributed by atoms with Gasteiger partial charge in [-0.05, 0) is 0 Å². The molecule has 0 spiro atoms. The number of aliphatic hydroxyl groups is 1. The van der Waals surface area contributed by atoms with Crippen LogP contribution in [-0.2, 0) is 0 Å². The van der Waals surface area contributed by atoms with E-state index in [-0.39, 0.29) is 0 Å². The van der Waals surface area contributed by atoms with Crippen molar-refractivity contribution in [2.75, 3.05) is 0 Å². The predicted octanol–water partition coefficient (Wildman–Crippen LogP) is 4.74. The van der Waals surface area contributed by atoms with Crippen LogP contribution in [0.3, 0.4) is 0 Å². The maximum atomic E-state index is 11.2. The third-order valence-corrected chi connectivity index (χ3v) is 21.6. The van der Waals surface area contributed by atoms with E-state index < -0.39 is 11.2 Å². The van der Waals surface area contributed by atoms with Gasteiger partial charge in [0.05, 0.1) is 0 Å². The summed E-state index contributed by atoms with van der Waals surface area (Å²) in [6.45, 7) is 2.06. The van der Waals surface area contributed by atoms with Crippen LogP contribution in [0.5, 0.6) is 0 Å². The molecule has 0 saturated carbocycles. The fraction of sp³-hybridized carbons (Fsp3) is 0.200. The third-order valence-electron chi connectivity index (χ3n) is 3.74. The Kier molecular flexibility index (Phi) is 4.44. The molecular weight excluding hydrogens is 403 g/mol. The molecule has 1 atom stereocenters. The summed E-state index contributed by atoms with van der Waals surface area (Å²) in [6.07, 6.45) is 0.719. The summed E-state index contributed by atoms with van der Waals surface area (Å²) < 4.78 is 3.75. The second-order valence-corrected chi connectivity index (χ2v) is 17.2. The van der Waals surface area contributed by atoms with Crippen LogP contribution in [-0.4, -0.2) is 11.0 Å². The van der Waals surface area contributed by atoms with E-state index >= 15 is 0 Å². The van der Waals surface area contributed by atoms with Crippen molar-refractivity contribution >= 4 is 68.7 Å². The molecule has 21 heavy (non-hydrogen) atoms. The zero-order valence-corrected chi connectivity index (χ0v) is 16.4. The predicted molar refractivity (Wildman–Crippen MR) is 104 cm³/mol. The Bertz CT molecular complexity index is 605. The molecule has 1 unspecified atom stereocenters. The van der Waals surface area contributed by atoms with E-state index in [0.29, 0.717) is 0 Å². The number of thiophene rings is 3. The van der Waals surface area contributed by atoms with Crippen molar-refractivity contribution in [1.29, 1.82) is 0 Å². The number of hydrogen-bond acceptors (Lipinski definition) is 4. The van der Waals surface area contributed by atoms with Crippen LogP contribution >= 0.6 is 54.8 Å². The molecule has 3 aromatic heterocycles. The van der Waals surface area contributed by atoms with E-state index in [4.69, 9.17) is 0 Å². The van der Waals surface area contributed by atoms with Gasteiger partial charge in [-0.15, -0.1) is 0 Å². The molecule has 0 aliphatic rings. The quantitative estimate of drug-likeness (QED) is 0.593. The molecule has 1 N–H and O–H groups in total. The Morgan fingerprint density at radius 3 is 1.57 bits per heavy atom. The normalized spacial score (nSPS) is 15.5. The zero-order chi connectivity index (χ0) is 14.9. The maximum absolute atomic E-state index is 11.2. The van der Waals surface area contributed by atoms with Crippen molar-refractivity contribution in [3.05, 3.63) is 52.5 Å². The summed E-state index contributed by atoms with van der Waals surface area (Å²) in [6, 6.07) is 12.7. The van der Waals surface area contributed by atoms with Crippen molar-refractivity contribution in [2.24, 2.45) is 0 Å². The first-order chi connectivity index (χ1) is 10.1. The second kappa shape index (κ2) is 5.88. The van der Waals surface area contributed by atoms with Gasteiger partial charge in [-0.3, -0.25) is 0 Å². The molecule has 3 heterocycles. The Morgan fingerprint density at radius 2 is 1.33 bits per heavy atom. The van der Waals surface area contributed by atoms with Crippen molar-refractivity contribution < 1.29 is 5.11 Å². The van der Waals surface area contributed by atoms with Gasteiger partial charge in [0.15, 0.2) is 0 Å². The van der Waals surface area contributed by atoms with Crippen molar-refractivity contribution in [3.8, 4) is 0 Å². The molecule has 3 aromatic rings. The molecular formula is C15H16BrOPS3. The third kappa shape index (κ3) is 2.13. The van der Waals surface area contributed by atoms with E-state index in [0.717, 1.165) is 6.42 Å². The van der Waals surface area contributed by atoms with Crippen LogP contribution in [0.15, 0.2) is 52.5 Å². The van der Waals surface area contributed by atoms with E-state index in [1.807, 2.05) is 0 Å². The Balaban J connectivity index is 2.43. The van der Waals surface area contributed by atoms with Gasteiger partial charge in [-0.25, -0.2) is 0 Å². The van der Waals surface area contributed by atoms with Gasteiger partial charge in [0.25, 0.3) is 0 Å².